The van der Waals surface area contributed by atoms with Gasteiger partial charge in [-0.25, -0.2) is 0 Å². The zero-order valence-electron chi connectivity index (χ0n) is 20.2. The van der Waals surface area contributed by atoms with Crippen molar-refractivity contribution in [1.82, 2.24) is 0 Å². The Labute approximate surface area is 223 Å². The average Bonchev–Trinajstić information content (AvgIpc) is 3.17. The van der Waals surface area contributed by atoms with Gasteiger partial charge in [-0.15, -0.1) is 0 Å². The van der Waals surface area contributed by atoms with E-state index in [2.05, 4.69) is 0 Å². The van der Waals surface area contributed by atoms with Crippen LogP contribution >= 0.6 is 11.6 Å². The van der Waals surface area contributed by atoms with E-state index in [0.717, 1.165) is 35.2 Å². The van der Waals surface area contributed by atoms with E-state index in [1.165, 1.54) is 0 Å². The van der Waals surface area contributed by atoms with Crippen LogP contribution < -0.4 is 15.4 Å². The maximum Gasteiger partial charge on any atom is 0.416 e. The fourth-order valence-corrected chi connectivity index (χ4v) is 4.84. The van der Waals surface area contributed by atoms with Gasteiger partial charge < -0.3 is 39.6 Å². The van der Waals surface area contributed by atoms with Gasteiger partial charge in [-0.1, -0.05) is 11.6 Å². The van der Waals surface area contributed by atoms with Crippen LogP contribution in [0.3, 0.4) is 0 Å². The number of alkyl halides is 3. The molecule has 0 aliphatic carbocycles. The van der Waals surface area contributed by atoms with Crippen molar-refractivity contribution in [3.05, 3.63) is 56.7 Å². The highest BCUT2D eigenvalue weighted by molar-refractivity contribution is 6.33. The Morgan fingerprint density at radius 2 is 1.85 bits per heavy atom. The summed E-state index contributed by atoms with van der Waals surface area (Å²) in [6.45, 7) is 0.527. The normalized spacial score (nSPS) is 19.0. The van der Waals surface area contributed by atoms with Crippen molar-refractivity contribution in [3.8, 4) is 22.8 Å². The molecule has 0 saturated carbocycles. The van der Waals surface area contributed by atoms with Crippen molar-refractivity contribution in [2.45, 2.75) is 31.0 Å². The number of hydrogen-bond acceptors (Lipinski definition) is 8. The number of rotatable bonds is 5. The first-order chi connectivity index (χ1) is 18.1. The first-order valence-electron chi connectivity index (χ1n) is 11.4. The van der Waals surface area contributed by atoms with E-state index < -0.39 is 41.3 Å². The minimum absolute atomic E-state index is 0.0559. The summed E-state index contributed by atoms with van der Waals surface area (Å²) in [5, 5.41) is 47.3. The van der Waals surface area contributed by atoms with Gasteiger partial charge in [0.05, 0.1) is 49.1 Å². The Bertz CT molecular complexity index is 1460. The maximum atomic E-state index is 13.0. The standard InChI is InChI=1S/C22H19ClF3NO5.C3H4O4/c1-27-5-4-12(14(27)9-28)19-15(29)7-16(30)20-17(31)8-18(32-21(19)20)11-3-2-10(6-13(11)23)22(24,25)26;4-2(5)1-3(6)7/h2-3,6-8,12,14,28-30H,4-5,9H2,1H3;1H2,(H,4,5)(H,6,7)/t12-,14+;/m1./s1. The molecule has 39 heavy (non-hydrogen) atoms. The van der Waals surface area contributed by atoms with Crippen LogP contribution in [0, 0.1) is 0 Å². The number of aliphatic hydroxyl groups excluding tert-OH is 1. The predicted molar refractivity (Wildman–Crippen MR) is 129 cm³/mol. The van der Waals surface area contributed by atoms with Crippen LogP contribution in [0.1, 0.15) is 29.9 Å². The Morgan fingerprint density at radius 3 is 2.36 bits per heavy atom. The number of carbonyl (C=O) groups excluding carboxylic acids is 1. The number of likely N-dealkylation sites (tertiary alicyclic amines) is 1. The predicted octanol–water partition coefficient (Wildman–Crippen LogP) is 1.12. The first kappa shape index (κ1) is 29.7. The average molecular weight is 574 g/mol. The van der Waals surface area contributed by atoms with Crippen LogP contribution in [-0.4, -0.2) is 58.6 Å². The SMILES string of the molecule is C[NH+]1CC[C@@H](c2c(O)cc(O)c3c(=O)cc(-c4ccc(C(F)(F)F)cc4Cl)oc23)[C@@H]1CO.O=C([O-])CC(=O)O. The Hall–Kier alpha value is -3.81. The molecule has 2 aromatic carbocycles. The van der Waals surface area contributed by atoms with Crippen molar-refractivity contribution in [2.24, 2.45) is 0 Å². The lowest BCUT2D eigenvalue weighted by Gasteiger charge is -2.22. The number of phenolic OH excluding ortho intramolecular Hbond substituents is 2. The summed E-state index contributed by atoms with van der Waals surface area (Å²) in [5.74, 6) is -4.20. The first-order valence-corrected chi connectivity index (χ1v) is 11.8. The van der Waals surface area contributed by atoms with E-state index in [9.17, 15) is 48.0 Å². The van der Waals surface area contributed by atoms with E-state index in [1.807, 2.05) is 7.05 Å². The molecule has 1 fully saturated rings. The smallest absolute Gasteiger partial charge is 0.416 e. The lowest BCUT2D eigenvalue weighted by atomic mass is 9.89. The van der Waals surface area contributed by atoms with Gasteiger partial charge in [0, 0.05) is 29.7 Å². The fourth-order valence-electron chi connectivity index (χ4n) is 4.57. The molecule has 210 valence electrons. The lowest BCUT2D eigenvalue weighted by molar-refractivity contribution is -0.893. The van der Waals surface area contributed by atoms with Gasteiger partial charge in [-0.3, -0.25) is 9.59 Å². The third-order valence-electron chi connectivity index (χ3n) is 6.39. The third kappa shape index (κ3) is 6.44. The quantitative estimate of drug-likeness (QED) is 0.280. The molecule has 14 heteroatoms. The van der Waals surface area contributed by atoms with Crippen LogP contribution in [0.2, 0.25) is 5.02 Å². The van der Waals surface area contributed by atoms with E-state index in [4.69, 9.17) is 21.1 Å². The number of halogens is 4. The number of carboxylic acids is 2. The van der Waals surface area contributed by atoms with E-state index >= 15 is 0 Å². The van der Waals surface area contributed by atoms with Gasteiger partial charge >= 0.3 is 12.1 Å². The number of aliphatic carboxylic acids is 2. The van der Waals surface area contributed by atoms with Crippen molar-refractivity contribution < 1.29 is 57.6 Å². The van der Waals surface area contributed by atoms with Gasteiger partial charge in [-0.05, 0) is 18.2 Å². The summed E-state index contributed by atoms with van der Waals surface area (Å²) in [6.07, 6.45) is -4.92. The van der Waals surface area contributed by atoms with Gasteiger partial charge in [0.1, 0.15) is 34.3 Å². The van der Waals surface area contributed by atoms with E-state index in [-0.39, 0.29) is 57.2 Å². The van der Waals surface area contributed by atoms with Crippen LogP contribution in [-0.2, 0) is 15.8 Å². The molecule has 0 spiro atoms. The summed E-state index contributed by atoms with van der Waals surface area (Å²) in [7, 11) is 1.89. The van der Waals surface area contributed by atoms with Crippen LogP contribution in [0.5, 0.6) is 11.5 Å². The number of likely N-dealkylation sites (N-methyl/N-ethyl adjacent to an activating group) is 1. The van der Waals surface area contributed by atoms with Crippen molar-refractivity contribution in [1.29, 1.82) is 0 Å². The second-order valence-corrected chi connectivity index (χ2v) is 9.33. The Balaban J connectivity index is 0.000000532. The molecule has 10 nitrogen and oxygen atoms in total. The van der Waals surface area contributed by atoms with Crippen molar-refractivity contribution >= 4 is 34.5 Å². The summed E-state index contributed by atoms with van der Waals surface area (Å²) in [6, 6.07) is 4.47. The summed E-state index contributed by atoms with van der Waals surface area (Å²) in [5.41, 5.74) is -1.36. The number of fused-ring (bicyclic) bond motifs is 1. The number of carboxylic acid groups (broad SMARTS) is 2. The largest absolute Gasteiger partial charge is 0.550 e. The molecule has 3 aromatic rings. The van der Waals surface area contributed by atoms with Gasteiger partial charge in [-0.2, -0.15) is 13.2 Å². The molecule has 1 saturated heterocycles. The minimum Gasteiger partial charge on any atom is -0.550 e. The second-order valence-electron chi connectivity index (χ2n) is 8.92. The fraction of sp³-hybridized carbons (Fsp3) is 0.320. The van der Waals surface area contributed by atoms with Crippen molar-refractivity contribution in [2.75, 3.05) is 20.2 Å². The zero-order chi connectivity index (χ0) is 29.2. The highest BCUT2D eigenvalue weighted by Gasteiger charge is 2.40. The second kappa shape index (κ2) is 11.5. The number of carbonyl (C=O) groups is 2. The van der Waals surface area contributed by atoms with Crippen LogP contribution in [0.25, 0.3) is 22.3 Å². The summed E-state index contributed by atoms with van der Waals surface area (Å²) in [4.78, 5) is 32.6. The molecule has 1 aromatic heterocycles. The number of aromatic hydroxyl groups is 2. The minimum atomic E-state index is -4.59. The molecule has 1 unspecified atom stereocenters. The summed E-state index contributed by atoms with van der Waals surface area (Å²) < 4.78 is 44.8. The van der Waals surface area contributed by atoms with Crippen LogP contribution in [0.15, 0.2) is 39.5 Å². The number of phenols is 2. The highest BCUT2D eigenvalue weighted by atomic mass is 35.5. The Kier molecular flexibility index (Phi) is 8.78. The molecule has 1 aliphatic rings. The monoisotopic (exact) mass is 573 g/mol. The molecule has 5 N–H and O–H groups in total. The van der Waals surface area contributed by atoms with Gasteiger partial charge in [0.15, 0.2) is 5.43 Å². The molecular weight excluding hydrogens is 551 g/mol. The molecule has 0 radical (unpaired) electrons. The molecule has 0 bridgehead atoms. The molecule has 3 atom stereocenters. The topological polar surface area (TPSA) is 173 Å². The number of hydrogen-bond donors (Lipinski definition) is 5. The molecule has 4 rings (SSSR count). The Morgan fingerprint density at radius 1 is 1.18 bits per heavy atom. The zero-order valence-corrected chi connectivity index (χ0v) is 21.0. The van der Waals surface area contributed by atoms with E-state index in [0.29, 0.717) is 13.0 Å². The van der Waals surface area contributed by atoms with Gasteiger partial charge in [0.2, 0.25) is 0 Å². The lowest BCUT2D eigenvalue weighted by Crippen LogP contribution is -3.11. The van der Waals surface area contributed by atoms with Crippen LogP contribution in [0.4, 0.5) is 13.2 Å². The molecule has 0 amide bonds. The molecule has 1 aliphatic heterocycles. The number of benzene rings is 2. The number of nitrogens with one attached hydrogen (secondary N) is 1. The summed E-state index contributed by atoms with van der Waals surface area (Å²) >= 11 is 6.07. The van der Waals surface area contributed by atoms with E-state index in [1.54, 1.807) is 0 Å². The number of aliphatic hydroxyl groups is 1. The molecule has 2 heterocycles. The highest BCUT2D eigenvalue weighted by Crippen LogP contribution is 2.43. The molecular formula is C25H23ClF3NO9. The van der Waals surface area contributed by atoms with Crippen molar-refractivity contribution in [3.63, 3.8) is 0 Å². The maximum absolute atomic E-state index is 13.0. The van der Waals surface area contributed by atoms with Gasteiger partial charge in [0.25, 0.3) is 0 Å². The number of quaternary nitrogens is 1. The third-order valence-corrected chi connectivity index (χ3v) is 6.70.